The Kier molecular flexibility index (Phi) is 8.42. The average Bonchev–Trinajstić information content (AvgIpc) is 3.34. The Morgan fingerprint density at radius 3 is 2.46 bits per heavy atom. The second kappa shape index (κ2) is 12.2. The minimum atomic E-state index is -0.389. The van der Waals surface area contributed by atoms with Gasteiger partial charge in [-0.3, -0.25) is 4.79 Å². The molecule has 41 heavy (non-hydrogen) atoms. The molecule has 1 aromatic heterocycles. The molecule has 0 aliphatic carbocycles. The summed E-state index contributed by atoms with van der Waals surface area (Å²) in [6.07, 6.45) is 1.86. The highest BCUT2D eigenvalue weighted by Crippen LogP contribution is 2.36. The van der Waals surface area contributed by atoms with Crippen LogP contribution < -0.4 is 10.6 Å². The lowest BCUT2D eigenvalue weighted by Crippen LogP contribution is -2.42. The largest absolute Gasteiger partial charge is 0.344 e. The van der Waals surface area contributed by atoms with Gasteiger partial charge in [-0.25, -0.2) is 13.9 Å². The van der Waals surface area contributed by atoms with Crippen LogP contribution in [0.1, 0.15) is 52.8 Å². The Hall–Kier alpha value is -4.14. The van der Waals surface area contributed by atoms with E-state index >= 15 is 0 Å². The molecule has 0 unspecified atom stereocenters. The molecule has 3 aromatic carbocycles. The number of carbonyl (C=O) groups excluding carboxylic acids is 2. The van der Waals surface area contributed by atoms with E-state index in [-0.39, 0.29) is 42.6 Å². The van der Waals surface area contributed by atoms with E-state index in [1.54, 1.807) is 39.9 Å². The van der Waals surface area contributed by atoms with Crippen LogP contribution in [-0.4, -0.2) is 39.7 Å². The van der Waals surface area contributed by atoms with Crippen molar-refractivity contribution in [1.82, 2.24) is 25.3 Å². The van der Waals surface area contributed by atoms with Crippen LogP contribution in [0.2, 0.25) is 10.0 Å². The Balaban J connectivity index is 1.68. The number of nitrogens with zero attached hydrogens (tertiary/aromatic N) is 3. The third kappa shape index (κ3) is 6.14. The summed E-state index contributed by atoms with van der Waals surface area (Å²) in [5.41, 5.74) is 4.28. The van der Waals surface area contributed by atoms with Crippen molar-refractivity contribution in [3.8, 4) is 5.69 Å². The molecule has 0 radical (unpaired) electrons. The lowest BCUT2D eigenvalue weighted by atomic mass is 9.97. The van der Waals surface area contributed by atoms with Gasteiger partial charge in [-0.05, 0) is 67.0 Å². The summed E-state index contributed by atoms with van der Waals surface area (Å²) in [6.45, 7) is 4.56. The molecule has 3 amide bonds. The minimum Gasteiger partial charge on any atom is -0.344 e. The van der Waals surface area contributed by atoms with Crippen molar-refractivity contribution in [2.45, 2.75) is 26.4 Å². The number of hydrogen-bond donors (Lipinski definition) is 2. The zero-order valence-corrected chi connectivity index (χ0v) is 24.0. The maximum atomic E-state index is 13.8. The van der Waals surface area contributed by atoms with Crippen molar-refractivity contribution in [2.75, 3.05) is 13.1 Å². The lowest BCUT2D eigenvalue weighted by molar-refractivity contribution is 0.0932. The number of nitrogens with one attached hydrogen (secondary N) is 2. The predicted octanol–water partition coefficient (Wildman–Crippen LogP) is 6.89. The van der Waals surface area contributed by atoms with Gasteiger partial charge in [0.25, 0.3) is 5.91 Å². The molecular formula is C31H28Cl2FN5O2. The van der Waals surface area contributed by atoms with Gasteiger partial charge in [0.05, 0.1) is 29.0 Å². The second-order valence-corrected chi connectivity index (χ2v) is 10.5. The number of carbonyl (C=O) groups is 2. The summed E-state index contributed by atoms with van der Waals surface area (Å²) in [7, 11) is 0. The van der Waals surface area contributed by atoms with Gasteiger partial charge in [0.1, 0.15) is 5.82 Å². The summed E-state index contributed by atoms with van der Waals surface area (Å²) in [6, 6.07) is 20.1. The van der Waals surface area contributed by atoms with Gasteiger partial charge in [-0.2, -0.15) is 5.10 Å². The number of benzene rings is 3. The summed E-state index contributed by atoms with van der Waals surface area (Å²) in [5, 5.41) is 11.4. The molecule has 2 N–H and O–H groups in total. The topological polar surface area (TPSA) is 79.3 Å². The van der Waals surface area contributed by atoms with E-state index in [0.717, 1.165) is 11.1 Å². The molecule has 1 aliphatic heterocycles. The number of hydrogen-bond acceptors (Lipinski definition) is 3. The Morgan fingerprint density at radius 2 is 1.78 bits per heavy atom. The fourth-order valence-corrected chi connectivity index (χ4v) is 5.33. The number of aromatic nitrogens is 2. The molecule has 2 heterocycles. The summed E-state index contributed by atoms with van der Waals surface area (Å²) in [4.78, 5) is 28.4. The third-order valence-corrected chi connectivity index (χ3v) is 7.36. The first-order valence-electron chi connectivity index (χ1n) is 13.2. The van der Waals surface area contributed by atoms with Crippen molar-refractivity contribution in [1.29, 1.82) is 0 Å². The number of rotatable bonds is 6. The van der Waals surface area contributed by atoms with E-state index < -0.39 is 0 Å². The van der Waals surface area contributed by atoms with Crippen LogP contribution in [0, 0.1) is 5.82 Å². The fraction of sp³-hybridized carbons (Fsp3) is 0.194. The van der Waals surface area contributed by atoms with Gasteiger partial charge < -0.3 is 15.5 Å². The van der Waals surface area contributed by atoms with Crippen molar-refractivity contribution in [3.05, 3.63) is 117 Å². The standard InChI is InChI=1S/C31H28Cl2FN5O2/c1-3-35-31(41)38-17-22(15-20-9-12-24(34)13-10-20)29-25(18-38)28(30(40)36-19(2)21-7-5-4-6-8-21)37-39(29)27-14-11-23(32)16-26(27)33/h4-16,19H,3,17-18H2,1-2H3,(H,35,41)(H,36,40)/b22-15+/t19-/m1/s1. The van der Waals surface area contributed by atoms with Crippen LogP contribution in [0.15, 0.2) is 72.8 Å². The van der Waals surface area contributed by atoms with Crippen LogP contribution in [0.3, 0.4) is 0 Å². The Bertz CT molecular complexity index is 1620. The van der Waals surface area contributed by atoms with Gasteiger partial charge in [-0.15, -0.1) is 0 Å². The molecule has 1 aliphatic rings. The normalized spacial score (nSPS) is 14.5. The highest BCUT2D eigenvalue weighted by Gasteiger charge is 2.34. The average molecular weight is 593 g/mol. The van der Waals surface area contributed by atoms with Crippen LogP contribution >= 0.6 is 23.2 Å². The van der Waals surface area contributed by atoms with Gasteiger partial charge >= 0.3 is 6.03 Å². The molecule has 1 atom stereocenters. The number of fused-ring (bicyclic) bond motifs is 1. The second-order valence-electron chi connectivity index (χ2n) is 9.70. The van der Waals surface area contributed by atoms with E-state index in [9.17, 15) is 14.0 Å². The highest BCUT2D eigenvalue weighted by molar-refractivity contribution is 6.35. The maximum Gasteiger partial charge on any atom is 0.317 e. The molecule has 210 valence electrons. The number of amides is 3. The van der Waals surface area contributed by atoms with Crippen molar-refractivity contribution in [2.24, 2.45) is 0 Å². The SMILES string of the molecule is CCNC(=O)N1C/C(=C\c2ccc(F)cc2)c2c(c(C(=O)N[C@H](C)c3ccccc3)nn2-c2ccc(Cl)cc2Cl)C1. The molecule has 5 rings (SSSR count). The molecule has 0 spiro atoms. The summed E-state index contributed by atoms with van der Waals surface area (Å²) < 4.78 is 15.3. The highest BCUT2D eigenvalue weighted by atomic mass is 35.5. The van der Waals surface area contributed by atoms with Crippen LogP contribution in [-0.2, 0) is 6.54 Å². The smallest absolute Gasteiger partial charge is 0.317 e. The quantitative estimate of drug-likeness (QED) is 0.256. The maximum absolute atomic E-state index is 13.8. The van der Waals surface area contributed by atoms with Crippen LogP contribution in [0.4, 0.5) is 9.18 Å². The number of urea groups is 1. The Labute approximate surface area is 247 Å². The molecular weight excluding hydrogens is 564 g/mol. The number of halogens is 3. The first-order valence-corrected chi connectivity index (χ1v) is 13.9. The molecule has 10 heteroatoms. The van der Waals surface area contributed by atoms with Gasteiger partial charge in [0.2, 0.25) is 0 Å². The van der Waals surface area contributed by atoms with Crippen LogP contribution in [0.25, 0.3) is 17.3 Å². The monoisotopic (exact) mass is 591 g/mol. The van der Waals surface area contributed by atoms with Gasteiger partial charge in [0, 0.05) is 23.7 Å². The van der Waals surface area contributed by atoms with Crippen molar-refractivity contribution < 1.29 is 14.0 Å². The van der Waals surface area contributed by atoms with E-state index in [0.29, 0.717) is 39.1 Å². The predicted molar refractivity (Wildman–Crippen MR) is 160 cm³/mol. The first kappa shape index (κ1) is 28.4. The van der Waals surface area contributed by atoms with Crippen molar-refractivity contribution >= 4 is 46.8 Å². The summed E-state index contributed by atoms with van der Waals surface area (Å²) >= 11 is 12.8. The molecule has 7 nitrogen and oxygen atoms in total. The molecule has 0 fully saturated rings. The zero-order valence-electron chi connectivity index (χ0n) is 22.5. The lowest BCUT2D eigenvalue weighted by Gasteiger charge is -2.30. The van der Waals surface area contributed by atoms with E-state index in [4.69, 9.17) is 28.3 Å². The molecule has 0 bridgehead atoms. The zero-order chi connectivity index (χ0) is 29.1. The molecule has 0 saturated carbocycles. The van der Waals surface area contributed by atoms with Crippen LogP contribution in [0.5, 0.6) is 0 Å². The molecule has 0 saturated heterocycles. The van der Waals surface area contributed by atoms with E-state index in [1.165, 1.54) is 12.1 Å². The Morgan fingerprint density at radius 1 is 1.05 bits per heavy atom. The van der Waals surface area contributed by atoms with Gasteiger partial charge in [0.15, 0.2) is 5.69 Å². The van der Waals surface area contributed by atoms with E-state index in [1.807, 2.05) is 50.3 Å². The van der Waals surface area contributed by atoms with E-state index in [2.05, 4.69) is 10.6 Å². The first-order chi connectivity index (χ1) is 19.7. The summed E-state index contributed by atoms with van der Waals surface area (Å²) in [5.74, 6) is -0.745. The molecule has 4 aromatic rings. The fourth-order valence-electron chi connectivity index (χ4n) is 4.84. The third-order valence-electron chi connectivity index (χ3n) is 6.82. The van der Waals surface area contributed by atoms with Gasteiger partial charge in [-0.1, -0.05) is 65.7 Å². The van der Waals surface area contributed by atoms with Crippen molar-refractivity contribution in [3.63, 3.8) is 0 Å². The minimum absolute atomic E-state index is 0.148.